The molecular weight excluding hydrogens is 294 g/mol. The summed E-state index contributed by atoms with van der Waals surface area (Å²) in [5.41, 5.74) is 0.344. The second-order valence-corrected chi connectivity index (χ2v) is 7.53. The summed E-state index contributed by atoms with van der Waals surface area (Å²) in [7, 11) is 0. The van der Waals surface area contributed by atoms with Crippen molar-refractivity contribution in [2.45, 2.75) is 39.0 Å². The van der Waals surface area contributed by atoms with Crippen molar-refractivity contribution in [2.24, 2.45) is 29.6 Å². The molecule has 4 fully saturated rings. The molecule has 0 aromatic carbocycles. The minimum absolute atomic E-state index is 0.0666. The molecule has 4 aliphatic carbocycles. The molecule has 5 nitrogen and oxygen atoms in total. The van der Waals surface area contributed by atoms with Crippen molar-refractivity contribution in [2.75, 3.05) is 19.8 Å². The van der Waals surface area contributed by atoms with Crippen LogP contribution in [0.15, 0.2) is 12.2 Å². The van der Waals surface area contributed by atoms with Crippen LogP contribution in [0.4, 0.5) is 4.79 Å². The standard InChI is InChI=1S/C18H27NO4/c1-11(2)17(20)22-3-4-23-18(21)19-10-16-14-6-12-5-13(8-14)9-15(16)7-12/h12-16H,1,3-10H2,2H3,(H,19,21). The van der Waals surface area contributed by atoms with Crippen LogP contribution >= 0.6 is 0 Å². The van der Waals surface area contributed by atoms with Crippen LogP contribution < -0.4 is 5.32 Å². The van der Waals surface area contributed by atoms with E-state index in [1.807, 2.05) is 0 Å². The molecule has 0 unspecified atom stereocenters. The van der Waals surface area contributed by atoms with Crippen LogP contribution in [0.2, 0.25) is 0 Å². The number of nitrogens with one attached hydrogen (secondary N) is 1. The zero-order chi connectivity index (χ0) is 16.4. The average molecular weight is 321 g/mol. The highest BCUT2D eigenvalue weighted by Crippen LogP contribution is 2.56. The van der Waals surface area contributed by atoms with Gasteiger partial charge in [-0.2, -0.15) is 0 Å². The normalized spacial score (nSPS) is 34.0. The third kappa shape index (κ3) is 3.88. The number of hydrogen-bond donors (Lipinski definition) is 1. The lowest BCUT2D eigenvalue weighted by atomic mass is 9.52. The van der Waals surface area contributed by atoms with Gasteiger partial charge < -0.3 is 14.8 Å². The summed E-state index contributed by atoms with van der Waals surface area (Å²) >= 11 is 0. The maximum Gasteiger partial charge on any atom is 0.407 e. The maximum absolute atomic E-state index is 11.8. The predicted octanol–water partition coefficient (Wildman–Crippen LogP) is 2.90. The van der Waals surface area contributed by atoms with Gasteiger partial charge in [0.05, 0.1) is 0 Å². The first-order chi connectivity index (χ1) is 11.0. The first kappa shape index (κ1) is 16.3. The fourth-order valence-corrected chi connectivity index (χ4v) is 5.02. The van der Waals surface area contributed by atoms with Gasteiger partial charge in [0.1, 0.15) is 13.2 Å². The van der Waals surface area contributed by atoms with Gasteiger partial charge in [-0.3, -0.25) is 0 Å². The molecule has 0 aromatic heterocycles. The van der Waals surface area contributed by atoms with Gasteiger partial charge in [0.15, 0.2) is 0 Å². The first-order valence-electron chi connectivity index (χ1n) is 8.76. The number of rotatable bonds is 6. The van der Waals surface area contributed by atoms with Gasteiger partial charge in [-0.25, -0.2) is 9.59 Å². The molecule has 4 rings (SSSR count). The molecule has 4 aliphatic rings. The summed E-state index contributed by atoms with van der Waals surface area (Å²) in [6, 6.07) is 0. The highest BCUT2D eigenvalue weighted by atomic mass is 16.6. The Bertz CT molecular complexity index is 459. The number of amides is 1. The molecular formula is C18H27NO4. The number of ether oxygens (including phenoxy) is 2. The Hall–Kier alpha value is -1.52. The number of carbonyl (C=O) groups is 2. The van der Waals surface area contributed by atoms with E-state index in [0.717, 1.165) is 30.2 Å². The maximum atomic E-state index is 11.8. The summed E-state index contributed by atoms with van der Waals surface area (Å²) in [5, 5.41) is 2.90. The van der Waals surface area contributed by atoms with Crippen molar-refractivity contribution < 1.29 is 19.1 Å². The average Bonchev–Trinajstić information content (AvgIpc) is 2.49. The van der Waals surface area contributed by atoms with Crippen LogP contribution in [-0.4, -0.2) is 31.8 Å². The summed E-state index contributed by atoms with van der Waals surface area (Å²) in [6.07, 6.45) is 6.44. The predicted molar refractivity (Wildman–Crippen MR) is 85.7 cm³/mol. The molecule has 0 spiro atoms. The summed E-state index contributed by atoms with van der Waals surface area (Å²) in [5.74, 6) is 3.65. The van der Waals surface area contributed by atoms with Crippen LogP contribution in [0.5, 0.6) is 0 Å². The molecule has 0 atom stereocenters. The van der Waals surface area contributed by atoms with Gasteiger partial charge in [-0.15, -0.1) is 0 Å². The van der Waals surface area contributed by atoms with Gasteiger partial charge >= 0.3 is 12.1 Å². The Kier molecular flexibility index (Phi) is 4.93. The highest BCUT2D eigenvalue weighted by molar-refractivity contribution is 5.86. The number of alkyl carbamates (subject to hydrolysis) is 1. The van der Waals surface area contributed by atoms with Gasteiger partial charge in [0, 0.05) is 12.1 Å². The van der Waals surface area contributed by atoms with Gasteiger partial charge in [0.25, 0.3) is 0 Å². The fourth-order valence-electron chi connectivity index (χ4n) is 5.02. The molecule has 0 saturated heterocycles. The molecule has 0 radical (unpaired) electrons. The van der Waals surface area contributed by atoms with Crippen LogP contribution in [-0.2, 0) is 14.3 Å². The van der Waals surface area contributed by atoms with Gasteiger partial charge in [0.2, 0.25) is 0 Å². The van der Waals surface area contributed by atoms with Crippen molar-refractivity contribution in [3.05, 3.63) is 12.2 Å². The molecule has 23 heavy (non-hydrogen) atoms. The monoisotopic (exact) mass is 321 g/mol. The molecule has 4 bridgehead atoms. The zero-order valence-corrected chi connectivity index (χ0v) is 13.9. The molecule has 0 heterocycles. The quantitative estimate of drug-likeness (QED) is 0.464. The van der Waals surface area contributed by atoms with E-state index in [9.17, 15) is 9.59 Å². The first-order valence-corrected chi connectivity index (χ1v) is 8.76. The number of esters is 1. The third-order valence-electron chi connectivity index (χ3n) is 5.80. The van der Waals surface area contributed by atoms with E-state index in [1.54, 1.807) is 6.92 Å². The Labute approximate surface area is 137 Å². The topological polar surface area (TPSA) is 64.6 Å². The fraction of sp³-hybridized carbons (Fsp3) is 0.778. The van der Waals surface area contributed by atoms with Crippen molar-refractivity contribution >= 4 is 12.1 Å². The largest absolute Gasteiger partial charge is 0.459 e. The minimum Gasteiger partial charge on any atom is -0.459 e. The SMILES string of the molecule is C=C(C)C(=O)OCCOC(=O)NCC1C2CC3CC(C2)CC1C3. The summed E-state index contributed by atoms with van der Waals surface area (Å²) in [4.78, 5) is 22.9. The summed E-state index contributed by atoms with van der Waals surface area (Å²) in [6.45, 7) is 5.94. The van der Waals surface area contributed by atoms with Crippen molar-refractivity contribution in [1.82, 2.24) is 5.32 Å². The Morgan fingerprint density at radius 1 is 1.00 bits per heavy atom. The molecule has 0 aromatic rings. The van der Waals surface area contributed by atoms with Crippen molar-refractivity contribution in [3.63, 3.8) is 0 Å². The molecule has 5 heteroatoms. The van der Waals surface area contributed by atoms with E-state index in [0.29, 0.717) is 11.5 Å². The van der Waals surface area contributed by atoms with Gasteiger partial charge in [-0.1, -0.05) is 6.58 Å². The van der Waals surface area contributed by atoms with E-state index in [-0.39, 0.29) is 13.2 Å². The van der Waals surface area contributed by atoms with Crippen LogP contribution in [0.3, 0.4) is 0 Å². The van der Waals surface area contributed by atoms with E-state index in [4.69, 9.17) is 9.47 Å². The highest BCUT2D eigenvalue weighted by Gasteiger charge is 2.47. The molecule has 4 saturated carbocycles. The summed E-state index contributed by atoms with van der Waals surface area (Å²) < 4.78 is 9.94. The lowest BCUT2D eigenvalue weighted by Gasteiger charge is -2.54. The van der Waals surface area contributed by atoms with E-state index in [2.05, 4.69) is 11.9 Å². The van der Waals surface area contributed by atoms with Crippen LogP contribution in [0.1, 0.15) is 39.0 Å². The molecule has 0 aliphatic heterocycles. The second kappa shape index (κ2) is 6.93. The number of carbonyl (C=O) groups excluding carboxylic acids is 2. The molecule has 1 N–H and O–H groups in total. The van der Waals surface area contributed by atoms with Crippen molar-refractivity contribution in [3.8, 4) is 0 Å². The Balaban J connectivity index is 1.33. The Morgan fingerprint density at radius 2 is 1.57 bits per heavy atom. The van der Waals surface area contributed by atoms with Crippen LogP contribution in [0, 0.1) is 29.6 Å². The molecule has 128 valence electrons. The lowest BCUT2D eigenvalue weighted by Crippen LogP contribution is -2.49. The second-order valence-electron chi connectivity index (χ2n) is 7.53. The lowest BCUT2D eigenvalue weighted by molar-refractivity contribution is -0.139. The third-order valence-corrected chi connectivity index (χ3v) is 5.80. The smallest absolute Gasteiger partial charge is 0.407 e. The van der Waals surface area contributed by atoms with Crippen molar-refractivity contribution in [1.29, 1.82) is 0 Å². The molecule has 1 amide bonds. The number of hydrogen-bond acceptors (Lipinski definition) is 4. The van der Waals surface area contributed by atoms with E-state index >= 15 is 0 Å². The van der Waals surface area contributed by atoms with E-state index < -0.39 is 12.1 Å². The van der Waals surface area contributed by atoms with Gasteiger partial charge in [-0.05, 0) is 68.6 Å². The Morgan fingerprint density at radius 3 is 2.13 bits per heavy atom. The van der Waals surface area contributed by atoms with E-state index in [1.165, 1.54) is 32.1 Å². The zero-order valence-electron chi connectivity index (χ0n) is 13.9. The van der Waals surface area contributed by atoms with Crippen LogP contribution in [0.25, 0.3) is 0 Å². The minimum atomic E-state index is -0.456.